The summed E-state index contributed by atoms with van der Waals surface area (Å²) in [7, 11) is 0. The monoisotopic (exact) mass is 333 g/mol. The van der Waals surface area contributed by atoms with Gasteiger partial charge < -0.3 is 20.3 Å². The van der Waals surface area contributed by atoms with E-state index in [-0.39, 0.29) is 18.0 Å². The number of nitrogens with one attached hydrogen (secondary N) is 2. The summed E-state index contributed by atoms with van der Waals surface area (Å²) in [5.74, 6) is 0.898. The maximum atomic E-state index is 11.9. The number of likely N-dealkylation sites (tertiary alicyclic amines) is 1. The summed E-state index contributed by atoms with van der Waals surface area (Å²) in [5.41, 5.74) is 1.18. The third-order valence-electron chi connectivity index (χ3n) is 3.98. The molecule has 1 fully saturated rings. The van der Waals surface area contributed by atoms with Crippen LogP contribution in [-0.4, -0.2) is 49.1 Å². The lowest BCUT2D eigenvalue weighted by molar-refractivity contribution is -0.129. The standard InChI is InChI=1S/C18H27N3O3/c1-14-5-7-16(8-6-14)24-13-15(2)20-18(23)19-10-9-17(22)21-11-3-4-12-21/h5-8,15H,3-4,9-13H2,1-2H3,(H2,19,20,23). The molecule has 6 nitrogen and oxygen atoms in total. The zero-order valence-electron chi connectivity index (χ0n) is 14.5. The van der Waals surface area contributed by atoms with Crippen molar-refractivity contribution in [1.82, 2.24) is 15.5 Å². The van der Waals surface area contributed by atoms with Gasteiger partial charge in [0.2, 0.25) is 5.91 Å². The number of benzene rings is 1. The molecular weight excluding hydrogens is 306 g/mol. The molecule has 1 aliphatic heterocycles. The van der Waals surface area contributed by atoms with Gasteiger partial charge in [-0.05, 0) is 38.8 Å². The summed E-state index contributed by atoms with van der Waals surface area (Å²) >= 11 is 0. The number of hydrogen-bond acceptors (Lipinski definition) is 3. The van der Waals surface area contributed by atoms with E-state index in [0.29, 0.717) is 19.6 Å². The van der Waals surface area contributed by atoms with E-state index in [9.17, 15) is 9.59 Å². The van der Waals surface area contributed by atoms with E-state index in [0.717, 1.165) is 31.7 Å². The lowest BCUT2D eigenvalue weighted by Gasteiger charge is -2.17. The highest BCUT2D eigenvalue weighted by Crippen LogP contribution is 2.11. The number of rotatable bonds is 7. The van der Waals surface area contributed by atoms with Crippen LogP contribution in [0.3, 0.4) is 0 Å². The molecule has 1 aliphatic rings. The third-order valence-corrected chi connectivity index (χ3v) is 3.98. The van der Waals surface area contributed by atoms with Crippen molar-refractivity contribution in [1.29, 1.82) is 0 Å². The highest BCUT2D eigenvalue weighted by atomic mass is 16.5. The van der Waals surface area contributed by atoms with Gasteiger partial charge >= 0.3 is 6.03 Å². The molecule has 0 saturated carbocycles. The van der Waals surface area contributed by atoms with Crippen LogP contribution in [0.4, 0.5) is 4.79 Å². The first-order valence-corrected chi connectivity index (χ1v) is 8.56. The molecule has 6 heteroatoms. The predicted molar refractivity (Wildman–Crippen MR) is 93.1 cm³/mol. The van der Waals surface area contributed by atoms with E-state index in [1.807, 2.05) is 43.0 Å². The summed E-state index contributed by atoms with van der Waals surface area (Å²) in [6.45, 7) is 6.34. The van der Waals surface area contributed by atoms with E-state index in [1.54, 1.807) is 0 Å². The van der Waals surface area contributed by atoms with E-state index in [1.165, 1.54) is 5.56 Å². The molecule has 24 heavy (non-hydrogen) atoms. The number of nitrogens with zero attached hydrogens (tertiary/aromatic N) is 1. The molecule has 3 amide bonds. The van der Waals surface area contributed by atoms with Crippen LogP contribution in [0.5, 0.6) is 5.75 Å². The predicted octanol–water partition coefficient (Wildman–Crippen LogP) is 2.07. The first-order chi connectivity index (χ1) is 11.5. The number of hydrogen-bond donors (Lipinski definition) is 2. The Balaban J connectivity index is 1.59. The van der Waals surface area contributed by atoms with Gasteiger partial charge in [-0.15, -0.1) is 0 Å². The molecular formula is C18H27N3O3. The molecule has 132 valence electrons. The van der Waals surface area contributed by atoms with Crippen LogP contribution in [0.25, 0.3) is 0 Å². The van der Waals surface area contributed by atoms with Gasteiger partial charge in [0.25, 0.3) is 0 Å². The zero-order chi connectivity index (χ0) is 17.4. The van der Waals surface area contributed by atoms with Gasteiger partial charge in [0.05, 0.1) is 6.04 Å². The first-order valence-electron chi connectivity index (χ1n) is 8.56. The third kappa shape index (κ3) is 6.10. The number of urea groups is 1. The van der Waals surface area contributed by atoms with E-state index < -0.39 is 0 Å². The fourth-order valence-corrected chi connectivity index (χ4v) is 2.58. The Hall–Kier alpha value is -2.24. The average molecular weight is 333 g/mol. The molecule has 0 bridgehead atoms. The first kappa shape index (κ1) is 18.1. The summed E-state index contributed by atoms with van der Waals surface area (Å²) in [6.07, 6.45) is 2.51. The van der Waals surface area contributed by atoms with Crippen molar-refractivity contribution < 1.29 is 14.3 Å². The number of ether oxygens (including phenoxy) is 1. The average Bonchev–Trinajstić information content (AvgIpc) is 3.09. The molecule has 2 rings (SSSR count). The molecule has 1 saturated heterocycles. The van der Waals surface area contributed by atoms with Gasteiger partial charge in [0, 0.05) is 26.1 Å². The minimum Gasteiger partial charge on any atom is -0.491 e. The molecule has 1 heterocycles. The lowest BCUT2D eigenvalue weighted by Crippen LogP contribution is -2.44. The van der Waals surface area contributed by atoms with Gasteiger partial charge in [-0.1, -0.05) is 17.7 Å². The van der Waals surface area contributed by atoms with Crippen molar-refractivity contribution in [2.45, 2.75) is 39.2 Å². The number of amides is 3. The van der Waals surface area contributed by atoms with E-state index >= 15 is 0 Å². The number of carbonyl (C=O) groups is 2. The summed E-state index contributed by atoms with van der Waals surface area (Å²) < 4.78 is 5.63. The number of carbonyl (C=O) groups excluding carboxylic acids is 2. The van der Waals surface area contributed by atoms with Crippen molar-refractivity contribution in [3.05, 3.63) is 29.8 Å². The Bertz CT molecular complexity index is 539. The minimum absolute atomic E-state index is 0.114. The van der Waals surface area contributed by atoms with Crippen LogP contribution in [0, 0.1) is 6.92 Å². The SMILES string of the molecule is Cc1ccc(OCC(C)NC(=O)NCCC(=O)N2CCCC2)cc1. The fourth-order valence-electron chi connectivity index (χ4n) is 2.58. The van der Waals surface area contributed by atoms with Crippen LogP contribution in [-0.2, 0) is 4.79 Å². The number of aryl methyl sites for hydroxylation is 1. The van der Waals surface area contributed by atoms with Crippen molar-refractivity contribution in [3.8, 4) is 5.75 Å². The van der Waals surface area contributed by atoms with Crippen molar-refractivity contribution in [2.75, 3.05) is 26.2 Å². The second kappa shape index (κ2) is 9.15. The van der Waals surface area contributed by atoms with Crippen molar-refractivity contribution in [2.24, 2.45) is 0 Å². The normalized spacial score (nSPS) is 15.0. The van der Waals surface area contributed by atoms with Crippen LogP contribution < -0.4 is 15.4 Å². The molecule has 0 radical (unpaired) electrons. The highest BCUT2D eigenvalue weighted by molar-refractivity contribution is 5.78. The topological polar surface area (TPSA) is 70.7 Å². The van der Waals surface area contributed by atoms with Crippen LogP contribution in [0.1, 0.15) is 31.7 Å². The summed E-state index contributed by atoms with van der Waals surface area (Å²) in [5, 5.41) is 5.53. The Morgan fingerprint density at radius 1 is 1.21 bits per heavy atom. The highest BCUT2D eigenvalue weighted by Gasteiger charge is 2.17. The quantitative estimate of drug-likeness (QED) is 0.802. The summed E-state index contributed by atoms with van der Waals surface area (Å²) in [4.78, 5) is 25.5. The van der Waals surface area contributed by atoms with E-state index in [2.05, 4.69) is 10.6 Å². The molecule has 1 atom stereocenters. The van der Waals surface area contributed by atoms with Gasteiger partial charge in [-0.2, -0.15) is 0 Å². The minimum atomic E-state index is -0.274. The van der Waals surface area contributed by atoms with Gasteiger partial charge in [-0.3, -0.25) is 4.79 Å². The Kier molecular flexibility index (Phi) is 6.90. The maximum Gasteiger partial charge on any atom is 0.315 e. The van der Waals surface area contributed by atoms with Gasteiger partial charge in [0.15, 0.2) is 0 Å². The Morgan fingerprint density at radius 2 is 1.88 bits per heavy atom. The second-order valence-corrected chi connectivity index (χ2v) is 6.26. The molecule has 0 aliphatic carbocycles. The lowest BCUT2D eigenvalue weighted by atomic mass is 10.2. The molecule has 0 aromatic heterocycles. The molecule has 1 aromatic rings. The van der Waals surface area contributed by atoms with Gasteiger partial charge in [0.1, 0.15) is 12.4 Å². The van der Waals surface area contributed by atoms with Crippen LogP contribution in [0.15, 0.2) is 24.3 Å². The zero-order valence-corrected chi connectivity index (χ0v) is 14.5. The van der Waals surface area contributed by atoms with E-state index in [4.69, 9.17) is 4.74 Å². The van der Waals surface area contributed by atoms with Crippen LogP contribution >= 0.6 is 0 Å². The van der Waals surface area contributed by atoms with Gasteiger partial charge in [-0.25, -0.2) is 4.79 Å². The molecule has 1 aromatic carbocycles. The Morgan fingerprint density at radius 3 is 2.54 bits per heavy atom. The maximum absolute atomic E-state index is 11.9. The Labute approximate surface area is 143 Å². The smallest absolute Gasteiger partial charge is 0.315 e. The fraction of sp³-hybridized carbons (Fsp3) is 0.556. The van der Waals surface area contributed by atoms with Crippen LogP contribution in [0.2, 0.25) is 0 Å². The molecule has 1 unspecified atom stereocenters. The second-order valence-electron chi connectivity index (χ2n) is 6.26. The summed E-state index contributed by atoms with van der Waals surface area (Å²) in [6, 6.07) is 7.39. The van der Waals surface area contributed by atoms with Crippen molar-refractivity contribution >= 4 is 11.9 Å². The molecule has 2 N–H and O–H groups in total. The largest absolute Gasteiger partial charge is 0.491 e. The van der Waals surface area contributed by atoms with Crippen molar-refractivity contribution in [3.63, 3.8) is 0 Å². The molecule has 0 spiro atoms.